The highest BCUT2D eigenvalue weighted by molar-refractivity contribution is 6.27. The van der Waals surface area contributed by atoms with Crippen LogP contribution in [-0.2, 0) is 16.0 Å². The Morgan fingerprint density at radius 1 is 1.09 bits per heavy atom. The second-order valence-corrected chi connectivity index (χ2v) is 13.5. The van der Waals surface area contributed by atoms with Crippen LogP contribution >= 0.6 is 0 Å². The van der Waals surface area contributed by atoms with Crippen molar-refractivity contribution < 1.29 is 19.5 Å². The molecule has 3 aromatic rings. The lowest BCUT2D eigenvalue weighted by Crippen LogP contribution is -2.62. The van der Waals surface area contributed by atoms with Gasteiger partial charge in [0.05, 0.1) is 23.3 Å². The summed E-state index contributed by atoms with van der Waals surface area (Å²) in [5.41, 5.74) is 3.43. The molecular formula is C33H38N6O4. The minimum absolute atomic E-state index is 0.143. The lowest BCUT2D eigenvalue weighted by atomic mass is 9.58. The number of benzene rings is 2. The van der Waals surface area contributed by atoms with Crippen LogP contribution in [-0.4, -0.2) is 87.9 Å². The molecule has 10 nitrogen and oxygen atoms in total. The van der Waals surface area contributed by atoms with Crippen molar-refractivity contribution >= 4 is 34.2 Å². The molecule has 6 aliphatic rings. The summed E-state index contributed by atoms with van der Waals surface area (Å²) in [7, 11) is 2.14. The van der Waals surface area contributed by atoms with E-state index in [-0.39, 0.29) is 23.3 Å². The van der Waals surface area contributed by atoms with Crippen molar-refractivity contribution in [2.24, 2.45) is 11.3 Å². The number of carbonyl (C=O) groups excluding carboxylic acids is 3. The number of rotatable bonds is 5. The smallest absolute Gasteiger partial charge is 0.259 e. The third kappa shape index (κ3) is 4.29. The zero-order chi connectivity index (χ0) is 29.5. The molecule has 5 fully saturated rings. The molecule has 2 bridgehead atoms. The fraction of sp³-hybridized carbons (Fsp3) is 0.515. The molecule has 10 heteroatoms. The maximum Gasteiger partial charge on any atom is 0.259 e. The van der Waals surface area contributed by atoms with Gasteiger partial charge < -0.3 is 20.2 Å². The molecule has 1 saturated carbocycles. The summed E-state index contributed by atoms with van der Waals surface area (Å²) in [6.45, 7) is 3.59. The van der Waals surface area contributed by atoms with Gasteiger partial charge in [0.25, 0.3) is 5.91 Å². The SMILES string of the molecule is CN1CC2CC(C(=O)N3CCC(n4cc(Cc5ccc6c7c(cccc57)C(=O)N6C5CCC(O)NC5=O)cn4)CC3)(C2)C1. The van der Waals surface area contributed by atoms with E-state index in [0.29, 0.717) is 36.7 Å². The number of hydrogen-bond donors (Lipinski definition) is 2. The van der Waals surface area contributed by atoms with Crippen molar-refractivity contribution in [3.05, 3.63) is 59.4 Å². The highest BCUT2D eigenvalue weighted by atomic mass is 16.3. The molecule has 43 heavy (non-hydrogen) atoms. The molecule has 2 aromatic carbocycles. The van der Waals surface area contributed by atoms with E-state index in [1.165, 1.54) is 0 Å². The van der Waals surface area contributed by atoms with E-state index in [2.05, 4.69) is 39.1 Å². The zero-order valence-electron chi connectivity index (χ0n) is 24.5. The number of fused-ring (bicyclic) bond motifs is 2. The van der Waals surface area contributed by atoms with Crippen molar-refractivity contribution in [1.29, 1.82) is 0 Å². The van der Waals surface area contributed by atoms with Gasteiger partial charge in [-0.15, -0.1) is 0 Å². The maximum absolute atomic E-state index is 13.5. The number of aliphatic hydroxyl groups excluding tert-OH is 1. The van der Waals surface area contributed by atoms with Crippen molar-refractivity contribution in [2.75, 3.05) is 38.1 Å². The number of likely N-dealkylation sites (tertiary alicyclic amines) is 1. The molecule has 3 amide bonds. The number of hydrogen-bond acceptors (Lipinski definition) is 6. The average Bonchev–Trinajstić information content (AvgIpc) is 3.57. The van der Waals surface area contributed by atoms with Crippen LogP contribution in [0.2, 0.25) is 0 Å². The summed E-state index contributed by atoms with van der Waals surface area (Å²) in [6.07, 6.45) is 8.64. The van der Waals surface area contributed by atoms with Gasteiger partial charge in [0, 0.05) is 49.7 Å². The van der Waals surface area contributed by atoms with Crippen LogP contribution in [0.15, 0.2) is 42.7 Å². The first-order chi connectivity index (χ1) is 20.8. The normalized spacial score (nSPS) is 29.2. The summed E-state index contributed by atoms with van der Waals surface area (Å²) in [4.78, 5) is 45.7. The maximum atomic E-state index is 13.5. The quantitative estimate of drug-likeness (QED) is 0.479. The first-order valence-electron chi connectivity index (χ1n) is 15.7. The van der Waals surface area contributed by atoms with E-state index in [1.807, 2.05) is 30.5 Å². The Morgan fingerprint density at radius 3 is 2.67 bits per heavy atom. The molecule has 6 heterocycles. The Balaban J connectivity index is 0.971. The predicted octanol–water partition coefficient (Wildman–Crippen LogP) is 2.69. The molecule has 2 unspecified atom stereocenters. The molecule has 5 aliphatic heterocycles. The Morgan fingerprint density at radius 2 is 1.91 bits per heavy atom. The number of amides is 3. The molecule has 9 rings (SSSR count). The van der Waals surface area contributed by atoms with Gasteiger partial charge in [0.15, 0.2) is 0 Å². The Bertz CT molecular complexity index is 1640. The van der Waals surface area contributed by atoms with E-state index < -0.39 is 12.3 Å². The Kier molecular flexibility index (Phi) is 6.17. The van der Waals surface area contributed by atoms with Crippen LogP contribution in [0, 0.1) is 11.3 Å². The zero-order valence-corrected chi connectivity index (χ0v) is 24.5. The van der Waals surface area contributed by atoms with E-state index in [0.717, 1.165) is 79.4 Å². The predicted molar refractivity (Wildman–Crippen MR) is 160 cm³/mol. The van der Waals surface area contributed by atoms with Gasteiger partial charge in [0.1, 0.15) is 12.3 Å². The molecule has 2 atom stereocenters. The number of anilines is 1. The molecule has 0 radical (unpaired) electrons. The minimum atomic E-state index is -0.865. The molecule has 2 N–H and O–H groups in total. The van der Waals surface area contributed by atoms with Crippen LogP contribution in [0.1, 0.15) is 66.1 Å². The third-order valence-electron chi connectivity index (χ3n) is 10.6. The lowest BCUT2D eigenvalue weighted by molar-refractivity contribution is -0.161. The standard InChI is InChI=1S/C33H38N6O4/c1-36-17-21-14-33(15-21,19-36)32(43)37-11-9-23(10-12-37)38-18-20(16-34-38)13-22-5-6-26-29-24(22)3-2-4-25(29)31(42)39(26)27-7-8-28(40)35-30(27)41/h2-6,16,18,21,23,27-28,40H,7-15,17,19H2,1H3,(H,35,41). The number of nitrogens with zero attached hydrogens (tertiary/aromatic N) is 5. The third-order valence-corrected chi connectivity index (χ3v) is 10.6. The minimum Gasteiger partial charge on any atom is -0.374 e. The topological polar surface area (TPSA) is 111 Å². The van der Waals surface area contributed by atoms with Gasteiger partial charge in [-0.25, -0.2) is 0 Å². The summed E-state index contributed by atoms with van der Waals surface area (Å²) >= 11 is 0. The van der Waals surface area contributed by atoms with E-state index in [4.69, 9.17) is 5.10 Å². The highest BCUT2D eigenvalue weighted by Gasteiger charge is 2.55. The molecule has 4 saturated heterocycles. The number of nitrogens with one attached hydrogen (secondary N) is 1. The van der Waals surface area contributed by atoms with E-state index in [1.54, 1.807) is 4.90 Å². The number of carbonyl (C=O) groups is 3. The van der Waals surface area contributed by atoms with Gasteiger partial charge in [-0.05, 0) is 80.1 Å². The average molecular weight is 583 g/mol. The molecule has 1 aliphatic carbocycles. The lowest BCUT2D eigenvalue weighted by Gasteiger charge is -2.56. The van der Waals surface area contributed by atoms with Crippen LogP contribution in [0.25, 0.3) is 10.8 Å². The van der Waals surface area contributed by atoms with Crippen molar-refractivity contribution in [2.45, 2.75) is 63.3 Å². The van der Waals surface area contributed by atoms with Gasteiger partial charge >= 0.3 is 0 Å². The molecule has 224 valence electrons. The van der Waals surface area contributed by atoms with Crippen LogP contribution < -0.4 is 10.2 Å². The van der Waals surface area contributed by atoms with Crippen LogP contribution in [0.3, 0.4) is 0 Å². The summed E-state index contributed by atoms with van der Waals surface area (Å²) in [5.74, 6) is 0.562. The fourth-order valence-corrected chi connectivity index (χ4v) is 8.68. The summed E-state index contributed by atoms with van der Waals surface area (Å²) in [6, 6.07) is 9.43. The Labute approximate surface area is 250 Å². The first-order valence-corrected chi connectivity index (χ1v) is 15.7. The molecule has 0 spiro atoms. The first kappa shape index (κ1) is 26.8. The van der Waals surface area contributed by atoms with Gasteiger partial charge in [-0.3, -0.25) is 24.0 Å². The molecule has 1 aromatic heterocycles. The fourth-order valence-electron chi connectivity index (χ4n) is 8.68. The summed E-state index contributed by atoms with van der Waals surface area (Å²) in [5, 5.41) is 19.0. The highest BCUT2D eigenvalue weighted by Crippen LogP contribution is 2.51. The molecular weight excluding hydrogens is 544 g/mol. The largest absolute Gasteiger partial charge is 0.374 e. The second kappa shape index (κ2) is 9.89. The van der Waals surface area contributed by atoms with Crippen molar-refractivity contribution in [3.8, 4) is 0 Å². The Hall–Kier alpha value is -3.76. The number of piperidine rings is 4. The second-order valence-electron chi connectivity index (χ2n) is 13.5. The van der Waals surface area contributed by atoms with Crippen LogP contribution in [0.5, 0.6) is 0 Å². The van der Waals surface area contributed by atoms with E-state index >= 15 is 0 Å². The monoisotopic (exact) mass is 582 g/mol. The number of aromatic nitrogens is 2. The van der Waals surface area contributed by atoms with Crippen molar-refractivity contribution in [3.63, 3.8) is 0 Å². The van der Waals surface area contributed by atoms with Gasteiger partial charge in [0.2, 0.25) is 11.8 Å². The van der Waals surface area contributed by atoms with Crippen LogP contribution in [0.4, 0.5) is 5.69 Å². The van der Waals surface area contributed by atoms with Crippen molar-refractivity contribution in [1.82, 2.24) is 24.9 Å². The van der Waals surface area contributed by atoms with Gasteiger partial charge in [-0.1, -0.05) is 18.2 Å². The van der Waals surface area contributed by atoms with Gasteiger partial charge in [-0.2, -0.15) is 5.10 Å². The van der Waals surface area contributed by atoms with E-state index in [9.17, 15) is 19.5 Å². The summed E-state index contributed by atoms with van der Waals surface area (Å²) < 4.78 is 2.07. The number of aliphatic hydroxyl groups is 1.